The van der Waals surface area contributed by atoms with E-state index in [0.717, 1.165) is 15.8 Å². The Balaban J connectivity index is 1.88. The number of amides is 2. The Bertz CT molecular complexity index is 615. The summed E-state index contributed by atoms with van der Waals surface area (Å²) in [4.78, 5) is 16.1. The smallest absolute Gasteiger partial charge is 0.315 e. The fraction of sp³-hybridized carbons (Fsp3) is 0.429. The highest BCUT2D eigenvalue weighted by molar-refractivity contribution is 9.10. The van der Waals surface area contributed by atoms with Gasteiger partial charge >= 0.3 is 6.03 Å². The molecule has 5 nitrogen and oxygen atoms in total. The molecule has 2 aromatic heterocycles. The van der Waals surface area contributed by atoms with Crippen LogP contribution in [0.25, 0.3) is 5.65 Å². The normalized spacial score (nSPS) is 11.6. The first kappa shape index (κ1) is 14.8. The molecule has 2 rings (SSSR count). The molecule has 0 bridgehead atoms. The maximum Gasteiger partial charge on any atom is 0.315 e. The molecule has 0 unspecified atom stereocenters. The van der Waals surface area contributed by atoms with E-state index in [0.29, 0.717) is 13.0 Å². The van der Waals surface area contributed by atoms with Crippen molar-refractivity contribution < 1.29 is 4.79 Å². The minimum Gasteiger partial charge on any atom is -0.338 e. The third kappa shape index (κ3) is 4.23. The van der Waals surface area contributed by atoms with Crippen LogP contribution >= 0.6 is 15.9 Å². The molecular weight excluding hydrogens is 320 g/mol. The second kappa shape index (κ2) is 5.83. The predicted molar refractivity (Wildman–Crippen MR) is 82.9 cm³/mol. The Hall–Kier alpha value is -1.56. The lowest BCUT2D eigenvalue weighted by Gasteiger charge is -2.20. The lowest BCUT2D eigenvalue weighted by Crippen LogP contribution is -2.46. The molecule has 2 aromatic rings. The van der Waals surface area contributed by atoms with Gasteiger partial charge < -0.3 is 15.0 Å². The van der Waals surface area contributed by atoms with Gasteiger partial charge in [-0.25, -0.2) is 9.78 Å². The van der Waals surface area contributed by atoms with Crippen molar-refractivity contribution in [2.75, 3.05) is 6.54 Å². The zero-order valence-corrected chi connectivity index (χ0v) is 13.5. The highest BCUT2D eigenvalue weighted by Gasteiger charge is 2.12. The zero-order valence-electron chi connectivity index (χ0n) is 11.9. The number of fused-ring (bicyclic) bond motifs is 1. The first-order chi connectivity index (χ1) is 9.33. The number of hydrogen-bond acceptors (Lipinski definition) is 2. The topological polar surface area (TPSA) is 58.4 Å². The molecule has 0 aromatic carbocycles. The summed E-state index contributed by atoms with van der Waals surface area (Å²) in [6, 6.07) is 3.76. The second-order valence-corrected chi connectivity index (χ2v) is 6.64. The number of imidazole rings is 1. The minimum absolute atomic E-state index is 0.149. The number of nitrogens with one attached hydrogen (secondary N) is 2. The van der Waals surface area contributed by atoms with E-state index < -0.39 is 0 Å². The number of urea groups is 1. The molecule has 0 saturated carbocycles. The fourth-order valence-electron chi connectivity index (χ4n) is 1.83. The van der Waals surface area contributed by atoms with Gasteiger partial charge in [-0.15, -0.1) is 0 Å². The number of hydrogen-bond donors (Lipinski definition) is 2. The summed E-state index contributed by atoms with van der Waals surface area (Å²) >= 11 is 3.43. The van der Waals surface area contributed by atoms with Gasteiger partial charge in [-0.05, 0) is 48.8 Å². The first-order valence-corrected chi connectivity index (χ1v) is 7.32. The number of carbonyl (C=O) groups excluding carboxylic acids is 1. The molecule has 0 fully saturated rings. The summed E-state index contributed by atoms with van der Waals surface area (Å²) in [6.07, 6.45) is 4.64. The van der Waals surface area contributed by atoms with E-state index in [1.807, 2.05) is 49.7 Å². The van der Waals surface area contributed by atoms with E-state index in [9.17, 15) is 4.79 Å². The molecule has 2 amide bonds. The Morgan fingerprint density at radius 3 is 2.80 bits per heavy atom. The summed E-state index contributed by atoms with van der Waals surface area (Å²) < 4.78 is 2.98. The van der Waals surface area contributed by atoms with Crippen LogP contribution in [-0.2, 0) is 6.42 Å². The van der Waals surface area contributed by atoms with Crippen molar-refractivity contribution in [3.8, 4) is 0 Å². The molecule has 0 aliphatic carbocycles. The van der Waals surface area contributed by atoms with Crippen molar-refractivity contribution in [3.05, 3.63) is 34.7 Å². The third-order valence-electron chi connectivity index (χ3n) is 2.62. The van der Waals surface area contributed by atoms with Gasteiger partial charge in [0.1, 0.15) is 5.65 Å². The summed E-state index contributed by atoms with van der Waals surface area (Å²) in [7, 11) is 0. The molecule has 6 heteroatoms. The van der Waals surface area contributed by atoms with Crippen molar-refractivity contribution >= 4 is 27.6 Å². The van der Waals surface area contributed by atoms with Gasteiger partial charge in [-0.2, -0.15) is 0 Å². The molecular formula is C14H19BrN4O. The quantitative estimate of drug-likeness (QED) is 0.903. The molecule has 2 heterocycles. The Morgan fingerprint density at radius 2 is 2.10 bits per heavy atom. The second-order valence-electron chi connectivity index (χ2n) is 5.73. The van der Waals surface area contributed by atoms with Crippen molar-refractivity contribution in [2.45, 2.75) is 32.7 Å². The van der Waals surface area contributed by atoms with Crippen LogP contribution in [0.3, 0.4) is 0 Å². The SMILES string of the molecule is CC(C)(C)NC(=O)NCCc1cn2cc(Br)ccc2n1. The number of nitrogens with zero attached hydrogens (tertiary/aromatic N) is 2. The Morgan fingerprint density at radius 1 is 1.35 bits per heavy atom. The molecule has 0 saturated heterocycles. The summed E-state index contributed by atoms with van der Waals surface area (Å²) in [5.41, 5.74) is 1.64. The van der Waals surface area contributed by atoms with Crippen LogP contribution in [-0.4, -0.2) is 27.5 Å². The van der Waals surface area contributed by atoms with Crippen molar-refractivity contribution in [1.29, 1.82) is 0 Å². The lowest BCUT2D eigenvalue weighted by atomic mass is 10.1. The number of rotatable bonds is 3. The maximum atomic E-state index is 11.6. The summed E-state index contributed by atoms with van der Waals surface area (Å²) in [5.74, 6) is 0. The van der Waals surface area contributed by atoms with Crippen LogP contribution in [0.4, 0.5) is 4.79 Å². The molecule has 0 spiro atoms. The van der Waals surface area contributed by atoms with Crippen LogP contribution in [0, 0.1) is 0 Å². The monoisotopic (exact) mass is 338 g/mol. The minimum atomic E-state index is -0.223. The standard InChI is InChI=1S/C14H19BrN4O/c1-14(2,3)18-13(20)16-7-6-11-9-19-8-10(15)4-5-12(19)17-11/h4-5,8-9H,6-7H2,1-3H3,(H2,16,18,20). The van der Waals surface area contributed by atoms with E-state index in [-0.39, 0.29) is 11.6 Å². The zero-order chi connectivity index (χ0) is 14.8. The third-order valence-corrected chi connectivity index (χ3v) is 3.09. The number of pyridine rings is 1. The molecule has 0 aliphatic rings. The molecule has 0 atom stereocenters. The van der Waals surface area contributed by atoms with Gasteiger partial charge in [0.2, 0.25) is 0 Å². The molecule has 20 heavy (non-hydrogen) atoms. The van der Waals surface area contributed by atoms with Crippen LogP contribution in [0.5, 0.6) is 0 Å². The molecule has 0 aliphatic heterocycles. The van der Waals surface area contributed by atoms with Crippen molar-refractivity contribution in [2.24, 2.45) is 0 Å². The number of aromatic nitrogens is 2. The van der Waals surface area contributed by atoms with Crippen LogP contribution in [0.1, 0.15) is 26.5 Å². The predicted octanol–water partition coefficient (Wildman–Crippen LogP) is 2.74. The molecule has 2 N–H and O–H groups in total. The number of halogens is 1. The molecule has 0 radical (unpaired) electrons. The maximum absolute atomic E-state index is 11.6. The van der Waals surface area contributed by atoms with Gasteiger partial charge in [0.25, 0.3) is 0 Å². The van der Waals surface area contributed by atoms with Gasteiger partial charge in [-0.1, -0.05) is 0 Å². The average molecular weight is 339 g/mol. The number of carbonyl (C=O) groups is 1. The van der Waals surface area contributed by atoms with Crippen LogP contribution in [0.2, 0.25) is 0 Å². The van der Waals surface area contributed by atoms with Gasteiger partial charge in [0.05, 0.1) is 5.69 Å². The first-order valence-electron chi connectivity index (χ1n) is 6.53. The van der Waals surface area contributed by atoms with Crippen LogP contribution in [0.15, 0.2) is 29.0 Å². The van der Waals surface area contributed by atoms with Crippen molar-refractivity contribution in [1.82, 2.24) is 20.0 Å². The fourth-order valence-corrected chi connectivity index (χ4v) is 2.18. The average Bonchev–Trinajstić information content (AvgIpc) is 2.68. The van der Waals surface area contributed by atoms with E-state index in [2.05, 4.69) is 31.5 Å². The Kier molecular flexibility index (Phi) is 4.32. The lowest BCUT2D eigenvalue weighted by molar-refractivity contribution is 0.232. The summed E-state index contributed by atoms with van der Waals surface area (Å²) in [6.45, 7) is 6.42. The van der Waals surface area contributed by atoms with E-state index in [1.165, 1.54) is 0 Å². The molecule has 108 valence electrons. The van der Waals surface area contributed by atoms with Gasteiger partial charge in [0.15, 0.2) is 0 Å². The van der Waals surface area contributed by atoms with E-state index in [4.69, 9.17) is 0 Å². The van der Waals surface area contributed by atoms with Gasteiger partial charge in [0, 0.05) is 35.4 Å². The van der Waals surface area contributed by atoms with Gasteiger partial charge in [-0.3, -0.25) is 0 Å². The van der Waals surface area contributed by atoms with E-state index >= 15 is 0 Å². The van der Waals surface area contributed by atoms with E-state index in [1.54, 1.807) is 0 Å². The van der Waals surface area contributed by atoms with Crippen LogP contribution < -0.4 is 10.6 Å². The highest BCUT2D eigenvalue weighted by Crippen LogP contribution is 2.12. The van der Waals surface area contributed by atoms with Crippen molar-refractivity contribution in [3.63, 3.8) is 0 Å². The largest absolute Gasteiger partial charge is 0.338 e. The summed E-state index contributed by atoms with van der Waals surface area (Å²) in [5, 5.41) is 5.69. The Labute approximate surface area is 126 Å². The highest BCUT2D eigenvalue weighted by atomic mass is 79.9.